The van der Waals surface area contributed by atoms with E-state index < -0.39 is 6.29 Å². The van der Waals surface area contributed by atoms with Gasteiger partial charge < -0.3 is 9.84 Å². The molecule has 0 fully saturated rings. The van der Waals surface area contributed by atoms with Crippen molar-refractivity contribution in [3.8, 4) is 0 Å². The maximum Gasteiger partial charge on any atom is 0.154 e. The molecule has 0 aliphatic rings. The van der Waals surface area contributed by atoms with Crippen LogP contribution in [0, 0.1) is 0 Å². The molecule has 0 radical (unpaired) electrons. The molecule has 0 heterocycles. The largest absolute Gasteiger partial charge is 0.368 e. The van der Waals surface area contributed by atoms with E-state index in [4.69, 9.17) is 4.74 Å². The Hall–Kier alpha value is -0.0800. The third-order valence-corrected chi connectivity index (χ3v) is 5.61. The SMILES string of the molecule is CCCCCCCCCCCCCOC(O)CCCCCCCCCCC. The lowest BCUT2D eigenvalue weighted by molar-refractivity contribution is -0.105. The summed E-state index contributed by atoms with van der Waals surface area (Å²) in [6, 6.07) is 0. The van der Waals surface area contributed by atoms with E-state index in [1.54, 1.807) is 0 Å². The van der Waals surface area contributed by atoms with Gasteiger partial charge >= 0.3 is 0 Å². The second-order valence-corrected chi connectivity index (χ2v) is 8.48. The van der Waals surface area contributed by atoms with Gasteiger partial charge in [0.2, 0.25) is 0 Å². The molecule has 2 heteroatoms. The van der Waals surface area contributed by atoms with Crippen LogP contribution in [0.4, 0.5) is 0 Å². The van der Waals surface area contributed by atoms with Gasteiger partial charge in [0.1, 0.15) is 0 Å². The van der Waals surface area contributed by atoms with Crippen molar-refractivity contribution in [2.75, 3.05) is 6.61 Å². The Morgan fingerprint density at radius 1 is 0.481 bits per heavy atom. The van der Waals surface area contributed by atoms with E-state index >= 15 is 0 Å². The third kappa shape index (κ3) is 23.9. The second-order valence-electron chi connectivity index (χ2n) is 8.48. The number of rotatable bonds is 23. The van der Waals surface area contributed by atoms with Crippen molar-refractivity contribution < 1.29 is 9.84 Å². The number of ether oxygens (including phenoxy) is 1. The summed E-state index contributed by atoms with van der Waals surface area (Å²) < 4.78 is 5.55. The molecule has 0 saturated carbocycles. The fourth-order valence-corrected chi connectivity index (χ4v) is 3.70. The van der Waals surface area contributed by atoms with Crippen LogP contribution in [0.1, 0.15) is 149 Å². The normalized spacial score (nSPS) is 12.6. The number of aliphatic hydroxyl groups is 1. The van der Waals surface area contributed by atoms with Crippen LogP contribution >= 0.6 is 0 Å². The summed E-state index contributed by atoms with van der Waals surface area (Å²) in [5.41, 5.74) is 0. The molecule has 0 aromatic carbocycles. The fraction of sp³-hybridized carbons (Fsp3) is 1.00. The molecule has 164 valence electrons. The molecule has 0 aliphatic carbocycles. The van der Waals surface area contributed by atoms with Crippen LogP contribution in [0.15, 0.2) is 0 Å². The van der Waals surface area contributed by atoms with Gasteiger partial charge in [-0.05, 0) is 19.3 Å². The molecule has 27 heavy (non-hydrogen) atoms. The molecule has 0 spiro atoms. The number of unbranched alkanes of at least 4 members (excludes halogenated alkanes) is 18. The van der Waals surface area contributed by atoms with E-state index in [1.165, 1.54) is 116 Å². The first-order valence-corrected chi connectivity index (χ1v) is 12.6. The predicted octanol–water partition coefficient (Wildman–Crippen LogP) is 8.55. The first-order valence-electron chi connectivity index (χ1n) is 12.6. The van der Waals surface area contributed by atoms with Gasteiger partial charge in [0.05, 0.1) is 0 Å². The molecule has 0 aliphatic heterocycles. The van der Waals surface area contributed by atoms with Crippen LogP contribution in [-0.2, 0) is 4.74 Å². The lowest BCUT2D eigenvalue weighted by Crippen LogP contribution is -2.12. The maximum absolute atomic E-state index is 9.89. The van der Waals surface area contributed by atoms with E-state index in [0.29, 0.717) is 0 Å². The molecule has 0 aromatic heterocycles. The zero-order valence-electron chi connectivity index (χ0n) is 19.0. The zero-order valence-corrected chi connectivity index (χ0v) is 19.0. The van der Waals surface area contributed by atoms with Crippen LogP contribution in [0.25, 0.3) is 0 Å². The van der Waals surface area contributed by atoms with Crippen LogP contribution in [0.2, 0.25) is 0 Å². The molecular weight excluding hydrogens is 332 g/mol. The van der Waals surface area contributed by atoms with Crippen molar-refractivity contribution >= 4 is 0 Å². The quantitative estimate of drug-likeness (QED) is 0.141. The van der Waals surface area contributed by atoms with E-state index in [1.807, 2.05) is 0 Å². The monoisotopic (exact) mass is 384 g/mol. The van der Waals surface area contributed by atoms with Gasteiger partial charge in [-0.3, -0.25) is 0 Å². The van der Waals surface area contributed by atoms with Gasteiger partial charge in [-0.25, -0.2) is 0 Å². The summed E-state index contributed by atoms with van der Waals surface area (Å²) in [5.74, 6) is 0. The highest BCUT2D eigenvalue weighted by Crippen LogP contribution is 2.13. The lowest BCUT2D eigenvalue weighted by Gasteiger charge is -2.12. The predicted molar refractivity (Wildman–Crippen MR) is 120 cm³/mol. The van der Waals surface area contributed by atoms with Gasteiger partial charge in [0, 0.05) is 6.61 Å². The lowest BCUT2D eigenvalue weighted by atomic mass is 10.1. The van der Waals surface area contributed by atoms with E-state index in [9.17, 15) is 5.11 Å². The molecular formula is C25H52O2. The van der Waals surface area contributed by atoms with Crippen LogP contribution < -0.4 is 0 Å². The van der Waals surface area contributed by atoms with Crippen molar-refractivity contribution in [2.24, 2.45) is 0 Å². The first-order chi connectivity index (χ1) is 13.3. The summed E-state index contributed by atoms with van der Waals surface area (Å²) in [6.07, 6.45) is 27.1. The Balaban J connectivity index is 3.12. The topological polar surface area (TPSA) is 29.5 Å². The Bertz CT molecular complexity index is 255. The molecule has 0 saturated heterocycles. The summed E-state index contributed by atoms with van der Waals surface area (Å²) in [5, 5.41) is 9.89. The Morgan fingerprint density at radius 2 is 0.815 bits per heavy atom. The van der Waals surface area contributed by atoms with Crippen molar-refractivity contribution in [3.05, 3.63) is 0 Å². The van der Waals surface area contributed by atoms with Gasteiger partial charge in [0.15, 0.2) is 6.29 Å². The van der Waals surface area contributed by atoms with Crippen LogP contribution in [0.3, 0.4) is 0 Å². The summed E-state index contributed by atoms with van der Waals surface area (Å²) in [6.45, 7) is 5.28. The van der Waals surface area contributed by atoms with Gasteiger partial charge in [-0.1, -0.05) is 129 Å². The van der Waals surface area contributed by atoms with E-state index in [2.05, 4.69) is 13.8 Å². The number of hydrogen-bond acceptors (Lipinski definition) is 2. The molecule has 0 aromatic rings. The number of hydrogen-bond donors (Lipinski definition) is 1. The first kappa shape index (κ1) is 26.9. The summed E-state index contributed by atoms with van der Waals surface area (Å²) in [7, 11) is 0. The molecule has 1 N–H and O–H groups in total. The summed E-state index contributed by atoms with van der Waals surface area (Å²) in [4.78, 5) is 0. The van der Waals surface area contributed by atoms with Crippen LogP contribution in [-0.4, -0.2) is 18.0 Å². The average molecular weight is 385 g/mol. The van der Waals surface area contributed by atoms with Crippen molar-refractivity contribution in [1.82, 2.24) is 0 Å². The molecule has 1 unspecified atom stereocenters. The van der Waals surface area contributed by atoms with E-state index in [0.717, 1.165) is 25.9 Å². The van der Waals surface area contributed by atoms with Gasteiger partial charge in [-0.2, -0.15) is 0 Å². The van der Waals surface area contributed by atoms with Crippen molar-refractivity contribution in [3.63, 3.8) is 0 Å². The Labute approximate surface area is 171 Å². The second kappa shape index (κ2) is 24.0. The number of aliphatic hydroxyl groups excluding tert-OH is 1. The van der Waals surface area contributed by atoms with Crippen LogP contribution in [0.5, 0.6) is 0 Å². The Kier molecular flexibility index (Phi) is 23.9. The summed E-state index contributed by atoms with van der Waals surface area (Å²) >= 11 is 0. The van der Waals surface area contributed by atoms with Gasteiger partial charge in [0.25, 0.3) is 0 Å². The minimum atomic E-state index is -0.530. The highest BCUT2D eigenvalue weighted by Gasteiger charge is 2.03. The van der Waals surface area contributed by atoms with Gasteiger partial charge in [-0.15, -0.1) is 0 Å². The third-order valence-electron chi connectivity index (χ3n) is 5.61. The highest BCUT2D eigenvalue weighted by atomic mass is 16.6. The fourth-order valence-electron chi connectivity index (χ4n) is 3.70. The minimum absolute atomic E-state index is 0.530. The highest BCUT2D eigenvalue weighted by molar-refractivity contribution is 4.51. The van der Waals surface area contributed by atoms with Crippen molar-refractivity contribution in [2.45, 2.75) is 155 Å². The molecule has 0 bridgehead atoms. The zero-order chi connectivity index (χ0) is 19.8. The van der Waals surface area contributed by atoms with Crippen molar-refractivity contribution in [1.29, 1.82) is 0 Å². The smallest absolute Gasteiger partial charge is 0.154 e. The molecule has 2 nitrogen and oxygen atoms in total. The maximum atomic E-state index is 9.89. The standard InChI is InChI=1S/C25H52O2/c1-3-5-7-9-11-13-14-16-18-20-22-24-27-25(26)23-21-19-17-15-12-10-8-6-4-2/h25-26H,3-24H2,1-2H3. The average Bonchev–Trinajstić information content (AvgIpc) is 2.67. The molecule has 0 amide bonds. The molecule has 1 atom stereocenters. The molecule has 0 rings (SSSR count). The minimum Gasteiger partial charge on any atom is -0.368 e. The Morgan fingerprint density at radius 3 is 1.22 bits per heavy atom. The van der Waals surface area contributed by atoms with E-state index in [-0.39, 0.29) is 0 Å².